The second-order valence-corrected chi connectivity index (χ2v) is 4.57. The molecule has 0 radical (unpaired) electrons. The SMILES string of the molecule is COCCN(CC(C)C)CC(C)C(N)=NO. The molecule has 0 aliphatic carbocycles. The minimum absolute atomic E-state index is 0.0561. The van der Waals surface area contributed by atoms with Gasteiger partial charge in [-0.25, -0.2) is 0 Å². The standard InChI is InChI=1S/C11H25N3O2/c1-9(2)7-14(5-6-16-4)8-10(3)11(12)13-15/h9-10,15H,5-8H2,1-4H3,(H2,12,13). The predicted octanol–water partition coefficient (Wildman–Crippen LogP) is 0.973. The molecule has 16 heavy (non-hydrogen) atoms. The maximum Gasteiger partial charge on any atom is 0.143 e. The summed E-state index contributed by atoms with van der Waals surface area (Å²) < 4.78 is 5.07. The molecule has 0 aromatic rings. The molecule has 0 aromatic heterocycles. The Balaban J connectivity index is 4.18. The average Bonchev–Trinajstić information content (AvgIpc) is 2.23. The number of nitrogens with zero attached hydrogens (tertiary/aromatic N) is 2. The average molecular weight is 231 g/mol. The molecule has 0 aromatic carbocycles. The molecule has 0 saturated carbocycles. The van der Waals surface area contributed by atoms with Crippen molar-refractivity contribution in [3.63, 3.8) is 0 Å². The lowest BCUT2D eigenvalue weighted by molar-refractivity contribution is 0.135. The van der Waals surface area contributed by atoms with Crippen molar-refractivity contribution in [1.29, 1.82) is 0 Å². The van der Waals surface area contributed by atoms with Crippen LogP contribution in [-0.4, -0.2) is 49.3 Å². The van der Waals surface area contributed by atoms with Crippen LogP contribution in [0.25, 0.3) is 0 Å². The van der Waals surface area contributed by atoms with Crippen molar-refractivity contribution in [2.24, 2.45) is 22.7 Å². The van der Waals surface area contributed by atoms with Crippen LogP contribution in [0.4, 0.5) is 0 Å². The maximum atomic E-state index is 8.60. The van der Waals surface area contributed by atoms with Gasteiger partial charge in [-0.05, 0) is 5.92 Å². The van der Waals surface area contributed by atoms with E-state index >= 15 is 0 Å². The number of oxime groups is 1. The maximum absolute atomic E-state index is 8.60. The fourth-order valence-electron chi connectivity index (χ4n) is 1.57. The first-order valence-corrected chi connectivity index (χ1v) is 5.70. The molecule has 5 nitrogen and oxygen atoms in total. The van der Waals surface area contributed by atoms with Gasteiger partial charge in [0, 0.05) is 32.7 Å². The Kier molecular flexibility index (Phi) is 7.93. The summed E-state index contributed by atoms with van der Waals surface area (Å²) in [6.07, 6.45) is 0. The van der Waals surface area contributed by atoms with Crippen LogP contribution in [0.15, 0.2) is 5.16 Å². The summed E-state index contributed by atoms with van der Waals surface area (Å²) in [5.74, 6) is 0.933. The zero-order valence-corrected chi connectivity index (χ0v) is 10.8. The van der Waals surface area contributed by atoms with Gasteiger partial charge in [0.25, 0.3) is 0 Å². The highest BCUT2D eigenvalue weighted by Gasteiger charge is 2.14. The van der Waals surface area contributed by atoms with Gasteiger partial charge in [0.1, 0.15) is 5.84 Å². The lowest BCUT2D eigenvalue weighted by atomic mass is 10.1. The molecule has 1 unspecified atom stereocenters. The number of rotatable bonds is 8. The van der Waals surface area contributed by atoms with Crippen LogP contribution in [-0.2, 0) is 4.74 Å². The number of methoxy groups -OCH3 is 1. The Labute approximate surface area is 98.2 Å². The highest BCUT2D eigenvalue weighted by atomic mass is 16.5. The van der Waals surface area contributed by atoms with Crippen molar-refractivity contribution in [3.8, 4) is 0 Å². The monoisotopic (exact) mass is 231 g/mol. The molecule has 0 fully saturated rings. The van der Waals surface area contributed by atoms with Gasteiger partial charge in [-0.2, -0.15) is 0 Å². The first kappa shape index (κ1) is 15.2. The van der Waals surface area contributed by atoms with Crippen molar-refractivity contribution in [1.82, 2.24) is 4.90 Å². The third-order valence-electron chi connectivity index (χ3n) is 2.39. The number of ether oxygens (including phenoxy) is 1. The van der Waals surface area contributed by atoms with Crippen molar-refractivity contribution >= 4 is 5.84 Å². The fourth-order valence-corrected chi connectivity index (χ4v) is 1.57. The Morgan fingerprint density at radius 1 is 1.38 bits per heavy atom. The molecule has 0 aliphatic heterocycles. The van der Waals surface area contributed by atoms with Gasteiger partial charge >= 0.3 is 0 Å². The Morgan fingerprint density at radius 2 is 2.00 bits per heavy atom. The largest absolute Gasteiger partial charge is 0.409 e. The molecule has 96 valence electrons. The summed E-state index contributed by atoms with van der Waals surface area (Å²) in [6.45, 7) is 9.66. The second kappa shape index (κ2) is 8.35. The summed E-state index contributed by atoms with van der Waals surface area (Å²) in [5, 5.41) is 11.6. The van der Waals surface area contributed by atoms with E-state index in [0.717, 1.165) is 19.6 Å². The van der Waals surface area contributed by atoms with Crippen molar-refractivity contribution in [2.75, 3.05) is 33.4 Å². The molecule has 0 amide bonds. The van der Waals surface area contributed by atoms with E-state index in [1.807, 2.05) is 6.92 Å². The van der Waals surface area contributed by atoms with Gasteiger partial charge in [0.15, 0.2) is 0 Å². The van der Waals surface area contributed by atoms with Crippen LogP contribution < -0.4 is 5.73 Å². The highest BCUT2D eigenvalue weighted by Crippen LogP contribution is 2.04. The quantitative estimate of drug-likeness (QED) is 0.283. The number of nitrogens with two attached hydrogens (primary N) is 1. The molecule has 0 spiro atoms. The van der Waals surface area contributed by atoms with Crippen LogP contribution in [0.2, 0.25) is 0 Å². The van der Waals surface area contributed by atoms with Gasteiger partial charge in [0.05, 0.1) is 6.61 Å². The topological polar surface area (TPSA) is 71.1 Å². The van der Waals surface area contributed by atoms with Gasteiger partial charge in [-0.15, -0.1) is 0 Å². The van der Waals surface area contributed by atoms with Gasteiger partial charge in [-0.1, -0.05) is 25.9 Å². The lowest BCUT2D eigenvalue weighted by Gasteiger charge is -2.26. The summed E-state index contributed by atoms with van der Waals surface area (Å²) in [4.78, 5) is 2.27. The highest BCUT2D eigenvalue weighted by molar-refractivity contribution is 5.82. The van der Waals surface area contributed by atoms with Crippen molar-refractivity contribution in [3.05, 3.63) is 0 Å². The predicted molar refractivity (Wildman–Crippen MR) is 65.7 cm³/mol. The van der Waals surface area contributed by atoms with E-state index in [1.54, 1.807) is 7.11 Å². The Bertz CT molecular complexity index is 207. The molecule has 0 bridgehead atoms. The third-order valence-corrected chi connectivity index (χ3v) is 2.39. The Morgan fingerprint density at radius 3 is 2.44 bits per heavy atom. The van der Waals surface area contributed by atoms with Gasteiger partial charge in [-0.3, -0.25) is 0 Å². The van der Waals surface area contributed by atoms with Crippen molar-refractivity contribution in [2.45, 2.75) is 20.8 Å². The molecule has 0 saturated heterocycles. The molecular formula is C11H25N3O2. The van der Waals surface area contributed by atoms with Crippen LogP contribution >= 0.6 is 0 Å². The fraction of sp³-hybridized carbons (Fsp3) is 0.909. The minimum atomic E-state index is 0.0561. The van der Waals surface area contributed by atoms with Crippen molar-refractivity contribution < 1.29 is 9.94 Å². The van der Waals surface area contributed by atoms with E-state index in [1.165, 1.54) is 0 Å². The third kappa shape index (κ3) is 6.63. The molecular weight excluding hydrogens is 206 g/mol. The summed E-state index contributed by atoms with van der Waals surface area (Å²) >= 11 is 0. The summed E-state index contributed by atoms with van der Waals surface area (Å²) in [5.41, 5.74) is 5.57. The van der Waals surface area contributed by atoms with E-state index < -0.39 is 0 Å². The summed E-state index contributed by atoms with van der Waals surface area (Å²) in [6, 6.07) is 0. The van der Waals surface area contributed by atoms with E-state index in [4.69, 9.17) is 15.7 Å². The molecule has 1 atom stereocenters. The molecule has 3 N–H and O–H groups in total. The van der Waals surface area contributed by atoms with E-state index in [0.29, 0.717) is 12.5 Å². The van der Waals surface area contributed by atoms with Crippen LogP contribution in [0.3, 0.4) is 0 Å². The van der Waals surface area contributed by atoms with E-state index in [2.05, 4.69) is 23.9 Å². The second-order valence-electron chi connectivity index (χ2n) is 4.57. The zero-order chi connectivity index (χ0) is 12.6. The molecule has 0 heterocycles. The molecule has 0 aliphatic rings. The number of hydrogen-bond acceptors (Lipinski definition) is 4. The van der Waals surface area contributed by atoms with Crippen LogP contribution in [0, 0.1) is 11.8 Å². The zero-order valence-electron chi connectivity index (χ0n) is 10.8. The molecule has 0 rings (SSSR count). The van der Waals surface area contributed by atoms with Crippen LogP contribution in [0.1, 0.15) is 20.8 Å². The van der Waals surface area contributed by atoms with Gasteiger partial charge < -0.3 is 20.6 Å². The normalized spacial score (nSPS) is 14.8. The molecule has 5 heteroatoms. The Hall–Kier alpha value is -0.810. The van der Waals surface area contributed by atoms with E-state index in [9.17, 15) is 0 Å². The lowest BCUT2D eigenvalue weighted by Crippen LogP contribution is -2.38. The van der Waals surface area contributed by atoms with E-state index in [-0.39, 0.29) is 11.8 Å². The first-order valence-electron chi connectivity index (χ1n) is 5.70. The number of amidine groups is 1. The first-order chi connectivity index (χ1) is 7.51. The number of hydrogen-bond donors (Lipinski definition) is 2. The minimum Gasteiger partial charge on any atom is -0.409 e. The smallest absolute Gasteiger partial charge is 0.143 e. The van der Waals surface area contributed by atoms with Crippen LogP contribution in [0.5, 0.6) is 0 Å². The summed E-state index contributed by atoms with van der Waals surface area (Å²) in [7, 11) is 1.69. The van der Waals surface area contributed by atoms with Gasteiger partial charge in [0.2, 0.25) is 0 Å².